The number of nitrogens with zero attached hydrogens (tertiary/aromatic N) is 2. The molecular formula is C23H25F2N3O5. The van der Waals surface area contributed by atoms with E-state index in [-0.39, 0.29) is 30.6 Å². The SMILES string of the molecule is CC(C)(C)OC(=O)CCC(C(N)=O)N1Cc2cc(-c3ncc(F)c(CO)c3F)ccc2C1=O. The van der Waals surface area contributed by atoms with Crippen LogP contribution in [0.2, 0.25) is 0 Å². The Morgan fingerprint density at radius 3 is 2.61 bits per heavy atom. The number of nitrogens with two attached hydrogens (primary N) is 1. The molecule has 0 saturated heterocycles. The molecule has 0 spiro atoms. The highest BCUT2D eigenvalue weighted by atomic mass is 19.1. The van der Waals surface area contributed by atoms with Crippen LogP contribution in [0.4, 0.5) is 8.78 Å². The summed E-state index contributed by atoms with van der Waals surface area (Å²) in [6.45, 7) is 4.34. The van der Waals surface area contributed by atoms with E-state index in [9.17, 15) is 28.3 Å². The summed E-state index contributed by atoms with van der Waals surface area (Å²) in [5.74, 6) is -3.69. The van der Waals surface area contributed by atoms with Crippen molar-refractivity contribution in [3.05, 3.63) is 52.7 Å². The zero-order chi connectivity index (χ0) is 24.5. The third kappa shape index (κ3) is 5.16. The molecule has 0 aliphatic carbocycles. The number of carbonyl (C=O) groups is 3. The molecule has 0 radical (unpaired) electrons. The number of halogens is 2. The Bertz CT molecular complexity index is 1110. The molecule has 10 heteroatoms. The monoisotopic (exact) mass is 461 g/mol. The van der Waals surface area contributed by atoms with Crippen LogP contribution in [0.5, 0.6) is 0 Å². The van der Waals surface area contributed by atoms with Gasteiger partial charge in [-0.25, -0.2) is 8.78 Å². The predicted octanol–water partition coefficient (Wildman–Crippen LogP) is 2.45. The molecule has 2 heterocycles. The quantitative estimate of drug-likeness (QED) is 0.611. The lowest BCUT2D eigenvalue weighted by molar-refractivity contribution is -0.155. The minimum atomic E-state index is -1.04. The molecule has 176 valence electrons. The number of amides is 2. The van der Waals surface area contributed by atoms with Crippen molar-refractivity contribution < 1.29 is 33.0 Å². The summed E-state index contributed by atoms with van der Waals surface area (Å²) in [6, 6.07) is 3.39. The van der Waals surface area contributed by atoms with Crippen molar-refractivity contribution in [2.24, 2.45) is 5.73 Å². The summed E-state index contributed by atoms with van der Waals surface area (Å²) in [4.78, 5) is 42.1. The van der Waals surface area contributed by atoms with E-state index in [0.717, 1.165) is 6.20 Å². The molecule has 0 bridgehead atoms. The number of esters is 1. The second-order valence-corrected chi connectivity index (χ2v) is 8.75. The Morgan fingerprint density at radius 1 is 1.30 bits per heavy atom. The normalized spacial score (nSPS) is 14.2. The van der Waals surface area contributed by atoms with Crippen molar-refractivity contribution >= 4 is 17.8 Å². The molecule has 8 nitrogen and oxygen atoms in total. The molecule has 3 N–H and O–H groups in total. The standard InChI is InChI=1S/C23H25F2N3O5/c1-23(2,3)33-18(30)7-6-17(21(26)31)28-10-13-8-12(4-5-14(13)22(28)32)20-19(25)15(11-29)16(24)9-27-20/h4-5,8-9,17,29H,6-7,10-11H2,1-3H3,(H2,26,31). The van der Waals surface area contributed by atoms with E-state index in [4.69, 9.17) is 10.5 Å². The Balaban J connectivity index is 1.83. The van der Waals surface area contributed by atoms with E-state index in [1.54, 1.807) is 20.8 Å². The number of pyridine rings is 1. The van der Waals surface area contributed by atoms with Gasteiger partial charge in [-0.1, -0.05) is 6.07 Å². The van der Waals surface area contributed by atoms with Crippen molar-refractivity contribution in [1.82, 2.24) is 9.88 Å². The third-order valence-corrected chi connectivity index (χ3v) is 5.18. The number of carbonyl (C=O) groups excluding carboxylic acids is 3. The number of benzene rings is 1. The molecule has 0 saturated carbocycles. The van der Waals surface area contributed by atoms with Crippen LogP contribution in [0.15, 0.2) is 24.4 Å². The number of aliphatic hydroxyl groups excluding tert-OH is 1. The lowest BCUT2D eigenvalue weighted by atomic mass is 10.0. The van der Waals surface area contributed by atoms with Gasteiger partial charge in [-0.15, -0.1) is 0 Å². The van der Waals surface area contributed by atoms with E-state index in [2.05, 4.69) is 4.98 Å². The molecule has 1 unspecified atom stereocenters. The van der Waals surface area contributed by atoms with Gasteiger partial charge in [-0.2, -0.15) is 0 Å². The molecule has 1 atom stereocenters. The lowest BCUT2D eigenvalue weighted by Crippen LogP contribution is -2.45. The molecule has 33 heavy (non-hydrogen) atoms. The molecule has 1 aliphatic rings. The van der Waals surface area contributed by atoms with E-state index in [1.807, 2.05) is 0 Å². The van der Waals surface area contributed by atoms with Crippen LogP contribution >= 0.6 is 0 Å². The number of aromatic nitrogens is 1. The van der Waals surface area contributed by atoms with Gasteiger partial charge in [0.25, 0.3) is 5.91 Å². The fourth-order valence-corrected chi connectivity index (χ4v) is 3.69. The number of primary amides is 1. The van der Waals surface area contributed by atoms with Gasteiger partial charge >= 0.3 is 5.97 Å². The average Bonchev–Trinajstić information content (AvgIpc) is 3.02. The van der Waals surface area contributed by atoms with E-state index in [0.29, 0.717) is 11.1 Å². The van der Waals surface area contributed by atoms with E-state index >= 15 is 0 Å². The summed E-state index contributed by atoms with van der Waals surface area (Å²) < 4.78 is 33.5. The van der Waals surface area contributed by atoms with Crippen molar-refractivity contribution in [3.63, 3.8) is 0 Å². The van der Waals surface area contributed by atoms with Crippen LogP contribution in [0.3, 0.4) is 0 Å². The number of ether oxygens (including phenoxy) is 1. The molecule has 2 amide bonds. The van der Waals surface area contributed by atoms with Gasteiger partial charge in [-0.3, -0.25) is 19.4 Å². The maximum absolute atomic E-state index is 14.6. The predicted molar refractivity (Wildman–Crippen MR) is 113 cm³/mol. The van der Waals surface area contributed by atoms with Gasteiger partial charge in [0.05, 0.1) is 18.4 Å². The van der Waals surface area contributed by atoms with Crippen LogP contribution in [0, 0.1) is 11.6 Å². The summed E-state index contributed by atoms with van der Waals surface area (Å²) in [6.07, 6.45) is 0.699. The molecule has 1 aromatic heterocycles. The Labute approximate surface area is 189 Å². The highest BCUT2D eigenvalue weighted by Crippen LogP contribution is 2.32. The highest BCUT2D eigenvalue weighted by Gasteiger charge is 2.36. The van der Waals surface area contributed by atoms with Crippen LogP contribution < -0.4 is 5.73 Å². The zero-order valence-electron chi connectivity index (χ0n) is 18.5. The second kappa shape index (κ2) is 9.22. The van der Waals surface area contributed by atoms with Crippen LogP contribution in [0.25, 0.3) is 11.3 Å². The van der Waals surface area contributed by atoms with E-state index < -0.39 is 53.2 Å². The van der Waals surface area contributed by atoms with Crippen molar-refractivity contribution in [2.75, 3.05) is 0 Å². The number of aliphatic hydroxyl groups is 1. The third-order valence-electron chi connectivity index (χ3n) is 5.18. The molecule has 2 aromatic rings. The van der Waals surface area contributed by atoms with Gasteiger partial charge in [0, 0.05) is 24.1 Å². The number of hydrogen-bond donors (Lipinski definition) is 2. The molecular weight excluding hydrogens is 436 g/mol. The average molecular weight is 461 g/mol. The molecule has 1 aliphatic heterocycles. The van der Waals surface area contributed by atoms with Gasteiger partial charge in [0.2, 0.25) is 5.91 Å². The first-order valence-corrected chi connectivity index (χ1v) is 10.3. The molecule has 1 aromatic carbocycles. The van der Waals surface area contributed by atoms with Crippen LogP contribution in [-0.2, 0) is 27.5 Å². The largest absolute Gasteiger partial charge is 0.460 e. The van der Waals surface area contributed by atoms with Gasteiger partial charge in [0.15, 0.2) is 5.82 Å². The van der Waals surface area contributed by atoms with Crippen LogP contribution in [0.1, 0.15) is 55.1 Å². The first kappa shape index (κ1) is 24.2. The van der Waals surface area contributed by atoms with Crippen molar-refractivity contribution in [1.29, 1.82) is 0 Å². The zero-order valence-corrected chi connectivity index (χ0v) is 18.5. The van der Waals surface area contributed by atoms with Crippen molar-refractivity contribution in [2.45, 2.75) is 58.4 Å². The fraction of sp³-hybridized carbons (Fsp3) is 0.391. The fourth-order valence-electron chi connectivity index (χ4n) is 3.69. The summed E-state index contributed by atoms with van der Waals surface area (Å²) >= 11 is 0. The van der Waals surface area contributed by atoms with Crippen LogP contribution in [-0.4, -0.2) is 44.4 Å². The summed E-state index contributed by atoms with van der Waals surface area (Å²) in [7, 11) is 0. The first-order chi connectivity index (χ1) is 15.4. The highest BCUT2D eigenvalue weighted by molar-refractivity contribution is 6.01. The minimum absolute atomic E-state index is 0.00909. The molecule has 3 rings (SSSR count). The Kier molecular flexibility index (Phi) is 6.78. The maximum Gasteiger partial charge on any atom is 0.306 e. The second-order valence-electron chi connectivity index (χ2n) is 8.75. The van der Waals surface area contributed by atoms with Gasteiger partial charge in [0.1, 0.15) is 23.2 Å². The lowest BCUT2D eigenvalue weighted by Gasteiger charge is -2.25. The Morgan fingerprint density at radius 2 is 2.00 bits per heavy atom. The number of rotatable bonds is 7. The van der Waals surface area contributed by atoms with Gasteiger partial charge in [-0.05, 0) is 44.9 Å². The smallest absolute Gasteiger partial charge is 0.306 e. The first-order valence-electron chi connectivity index (χ1n) is 10.3. The summed E-state index contributed by atoms with van der Waals surface area (Å²) in [5, 5.41) is 9.22. The van der Waals surface area contributed by atoms with E-state index in [1.165, 1.54) is 23.1 Å². The minimum Gasteiger partial charge on any atom is -0.460 e. The number of hydrogen-bond acceptors (Lipinski definition) is 6. The van der Waals surface area contributed by atoms with Gasteiger partial charge < -0.3 is 20.5 Å². The molecule has 0 fully saturated rings. The Hall–Kier alpha value is -3.40. The topological polar surface area (TPSA) is 123 Å². The maximum atomic E-state index is 14.6. The number of fused-ring (bicyclic) bond motifs is 1. The van der Waals surface area contributed by atoms with Crippen molar-refractivity contribution in [3.8, 4) is 11.3 Å². The summed E-state index contributed by atoms with van der Waals surface area (Å²) in [5.41, 5.74) is 5.22.